The van der Waals surface area contributed by atoms with Crippen LogP contribution in [0.5, 0.6) is 0 Å². The van der Waals surface area contributed by atoms with Crippen molar-refractivity contribution < 1.29 is 8.78 Å². The van der Waals surface area contributed by atoms with Gasteiger partial charge in [0.25, 0.3) is 0 Å². The fraction of sp³-hybridized carbons (Fsp3) is 0.571. The van der Waals surface area contributed by atoms with Crippen molar-refractivity contribution in [3.05, 3.63) is 35.4 Å². The van der Waals surface area contributed by atoms with Crippen molar-refractivity contribution in [3.63, 3.8) is 0 Å². The lowest BCUT2D eigenvalue weighted by molar-refractivity contribution is 0.293. The van der Waals surface area contributed by atoms with Gasteiger partial charge in [-0.1, -0.05) is 0 Å². The smallest absolute Gasteiger partial charge is 0.127 e. The Balaban J connectivity index is 1.69. The summed E-state index contributed by atoms with van der Waals surface area (Å²) in [6.45, 7) is 2.37. The Morgan fingerprint density at radius 2 is 2.06 bits per heavy atom. The van der Waals surface area contributed by atoms with Gasteiger partial charge in [0.15, 0.2) is 0 Å². The van der Waals surface area contributed by atoms with E-state index in [1.807, 2.05) is 0 Å². The zero-order valence-corrected chi connectivity index (χ0v) is 10.3. The van der Waals surface area contributed by atoms with Crippen molar-refractivity contribution in [3.8, 4) is 0 Å². The molecule has 2 fully saturated rings. The van der Waals surface area contributed by atoms with E-state index in [0.717, 1.165) is 25.6 Å². The lowest BCUT2D eigenvalue weighted by Gasteiger charge is -2.18. The van der Waals surface area contributed by atoms with E-state index < -0.39 is 0 Å². The molecule has 2 nitrogen and oxygen atoms in total. The predicted molar refractivity (Wildman–Crippen MR) is 65.8 cm³/mol. The summed E-state index contributed by atoms with van der Waals surface area (Å²) >= 11 is 0. The zero-order valence-electron chi connectivity index (χ0n) is 10.3. The number of likely N-dealkylation sites (tertiary alicyclic amines) is 1. The molecule has 3 unspecified atom stereocenters. The van der Waals surface area contributed by atoms with Crippen LogP contribution in [0, 0.1) is 23.5 Å². The topological polar surface area (TPSA) is 29.3 Å². The summed E-state index contributed by atoms with van der Waals surface area (Å²) in [6, 6.07) is 3.95. The maximum absolute atomic E-state index is 13.6. The van der Waals surface area contributed by atoms with Crippen LogP contribution in [0.15, 0.2) is 18.2 Å². The zero-order chi connectivity index (χ0) is 12.7. The molecular weight excluding hydrogens is 234 g/mol. The fourth-order valence-electron chi connectivity index (χ4n) is 3.43. The quantitative estimate of drug-likeness (QED) is 0.873. The molecule has 0 aromatic heterocycles. The molecule has 1 aromatic carbocycles. The van der Waals surface area contributed by atoms with Crippen molar-refractivity contribution in [2.75, 3.05) is 13.1 Å². The van der Waals surface area contributed by atoms with Crippen LogP contribution in [-0.2, 0) is 6.54 Å². The van der Waals surface area contributed by atoms with Crippen LogP contribution >= 0.6 is 0 Å². The van der Waals surface area contributed by atoms with E-state index in [4.69, 9.17) is 5.73 Å². The first-order chi connectivity index (χ1) is 8.63. The predicted octanol–water partition coefficient (Wildman–Crippen LogP) is 2.13. The van der Waals surface area contributed by atoms with Crippen molar-refractivity contribution in [2.45, 2.75) is 25.4 Å². The average molecular weight is 252 g/mol. The van der Waals surface area contributed by atoms with E-state index in [9.17, 15) is 8.78 Å². The van der Waals surface area contributed by atoms with Crippen molar-refractivity contribution in [2.24, 2.45) is 17.6 Å². The van der Waals surface area contributed by atoms with E-state index in [-0.39, 0.29) is 17.7 Å². The molecule has 4 heteroatoms. The summed E-state index contributed by atoms with van der Waals surface area (Å²) in [5.41, 5.74) is 6.52. The van der Waals surface area contributed by atoms with Gasteiger partial charge < -0.3 is 5.73 Å². The third-order valence-electron chi connectivity index (χ3n) is 4.39. The molecule has 0 amide bonds. The summed E-state index contributed by atoms with van der Waals surface area (Å²) < 4.78 is 26.7. The molecule has 2 aliphatic rings. The first-order valence-electron chi connectivity index (χ1n) is 6.55. The summed E-state index contributed by atoms with van der Waals surface area (Å²) in [7, 11) is 0. The first-order valence-corrected chi connectivity index (χ1v) is 6.55. The number of benzene rings is 1. The number of hydrogen-bond acceptors (Lipinski definition) is 2. The second kappa shape index (κ2) is 4.59. The van der Waals surface area contributed by atoms with Crippen molar-refractivity contribution >= 4 is 0 Å². The minimum atomic E-state index is -0.373. The normalized spacial score (nSPS) is 31.8. The van der Waals surface area contributed by atoms with Gasteiger partial charge in [-0.05, 0) is 42.9 Å². The number of rotatable bonds is 2. The number of nitrogens with two attached hydrogens (primary N) is 1. The molecule has 1 saturated carbocycles. The molecule has 1 heterocycles. The maximum Gasteiger partial charge on any atom is 0.127 e. The highest BCUT2D eigenvalue weighted by atomic mass is 19.1. The Morgan fingerprint density at radius 3 is 2.83 bits per heavy atom. The van der Waals surface area contributed by atoms with Gasteiger partial charge in [0.1, 0.15) is 11.6 Å². The number of fused-ring (bicyclic) bond motifs is 1. The summed E-state index contributed by atoms with van der Waals surface area (Å²) in [5, 5.41) is 0. The highest BCUT2D eigenvalue weighted by Crippen LogP contribution is 2.37. The first kappa shape index (κ1) is 12.1. The lowest BCUT2D eigenvalue weighted by Crippen LogP contribution is -2.30. The summed E-state index contributed by atoms with van der Waals surface area (Å²) in [5.74, 6) is 0.499. The Kier molecular flexibility index (Phi) is 3.08. The third kappa shape index (κ3) is 2.15. The van der Waals surface area contributed by atoms with Crippen molar-refractivity contribution in [1.82, 2.24) is 4.90 Å². The molecule has 2 N–H and O–H groups in total. The van der Waals surface area contributed by atoms with E-state index >= 15 is 0 Å². The highest BCUT2D eigenvalue weighted by Gasteiger charge is 2.40. The van der Waals surface area contributed by atoms with Crippen LogP contribution in [0.1, 0.15) is 18.4 Å². The molecular formula is C14H18F2N2. The van der Waals surface area contributed by atoms with Gasteiger partial charge in [-0.3, -0.25) is 4.90 Å². The summed E-state index contributed by atoms with van der Waals surface area (Å²) in [4.78, 5) is 2.20. The average Bonchev–Trinajstić information content (AvgIpc) is 2.87. The molecule has 0 radical (unpaired) electrons. The Labute approximate surface area is 106 Å². The molecule has 18 heavy (non-hydrogen) atoms. The molecule has 0 bridgehead atoms. The minimum Gasteiger partial charge on any atom is -0.327 e. The van der Waals surface area contributed by atoms with Gasteiger partial charge in [-0.2, -0.15) is 0 Å². The van der Waals surface area contributed by atoms with E-state index in [1.54, 1.807) is 0 Å². The second-order valence-electron chi connectivity index (χ2n) is 5.59. The van der Waals surface area contributed by atoms with Crippen LogP contribution < -0.4 is 5.73 Å². The van der Waals surface area contributed by atoms with Crippen LogP contribution in [0.4, 0.5) is 8.78 Å². The largest absolute Gasteiger partial charge is 0.327 e. The van der Waals surface area contributed by atoms with Gasteiger partial charge >= 0.3 is 0 Å². The van der Waals surface area contributed by atoms with Gasteiger partial charge in [0, 0.05) is 31.2 Å². The Hall–Kier alpha value is -1.00. The lowest BCUT2D eigenvalue weighted by atomic mass is 9.98. The van der Waals surface area contributed by atoms with Crippen molar-refractivity contribution in [1.29, 1.82) is 0 Å². The SMILES string of the molecule is NC1CCC2CN(Cc3cc(F)ccc3F)CC12. The molecule has 1 saturated heterocycles. The molecule has 98 valence electrons. The Bertz CT molecular complexity index is 449. The number of nitrogens with zero attached hydrogens (tertiary/aromatic N) is 1. The second-order valence-corrected chi connectivity index (χ2v) is 5.59. The Morgan fingerprint density at radius 1 is 1.22 bits per heavy atom. The van der Waals surface area contributed by atoms with Gasteiger partial charge in [-0.15, -0.1) is 0 Å². The van der Waals surface area contributed by atoms with Gasteiger partial charge in [-0.25, -0.2) is 8.78 Å². The van der Waals surface area contributed by atoms with Crippen LogP contribution in [0.2, 0.25) is 0 Å². The summed E-state index contributed by atoms with van der Waals surface area (Å²) in [6.07, 6.45) is 2.28. The van der Waals surface area contributed by atoms with Crippen LogP contribution in [-0.4, -0.2) is 24.0 Å². The number of hydrogen-bond donors (Lipinski definition) is 1. The van der Waals surface area contributed by atoms with Crippen LogP contribution in [0.25, 0.3) is 0 Å². The minimum absolute atomic E-state index is 0.289. The van der Waals surface area contributed by atoms with Gasteiger partial charge in [0.2, 0.25) is 0 Å². The molecule has 1 aliphatic heterocycles. The molecule has 0 spiro atoms. The highest BCUT2D eigenvalue weighted by molar-refractivity contribution is 5.19. The number of halogens is 2. The van der Waals surface area contributed by atoms with E-state index in [2.05, 4.69) is 4.90 Å². The maximum atomic E-state index is 13.6. The molecule has 3 atom stereocenters. The molecule has 1 aliphatic carbocycles. The third-order valence-corrected chi connectivity index (χ3v) is 4.39. The van der Waals surface area contributed by atoms with Gasteiger partial charge in [0.05, 0.1) is 0 Å². The molecule has 3 rings (SSSR count). The standard InChI is InChI=1S/C14H18F2N2/c15-11-2-3-13(16)10(5-11)7-18-6-9-1-4-14(17)12(9)8-18/h2-3,5,9,12,14H,1,4,6-8,17H2. The van der Waals surface area contributed by atoms with Crippen LogP contribution in [0.3, 0.4) is 0 Å². The molecule has 1 aromatic rings. The monoisotopic (exact) mass is 252 g/mol. The van der Waals surface area contributed by atoms with E-state index in [1.165, 1.54) is 18.6 Å². The fourth-order valence-corrected chi connectivity index (χ4v) is 3.43. The van der Waals surface area contributed by atoms with E-state index in [0.29, 0.717) is 23.9 Å².